The topological polar surface area (TPSA) is 66.6 Å². The summed E-state index contributed by atoms with van der Waals surface area (Å²) >= 11 is 0. The van der Waals surface area contributed by atoms with Gasteiger partial charge in [-0.05, 0) is 13.3 Å². The van der Waals surface area contributed by atoms with Crippen LogP contribution in [0.1, 0.15) is 42.4 Å². The first kappa shape index (κ1) is 13.7. The Morgan fingerprint density at radius 2 is 2.24 bits per heavy atom. The number of hydrogen-bond donors (Lipinski definition) is 1. The van der Waals surface area contributed by atoms with Gasteiger partial charge in [0.05, 0.1) is 6.61 Å². The molecule has 17 heavy (non-hydrogen) atoms. The number of aryl methyl sites for hydroxylation is 1. The van der Waals surface area contributed by atoms with Crippen LogP contribution < -0.4 is 0 Å². The third-order valence-corrected chi connectivity index (χ3v) is 2.64. The molecule has 1 aromatic heterocycles. The number of rotatable bonds is 7. The maximum Gasteiger partial charge on any atom is 0.276 e. The van der Waals surface area contributed by atoms with Gasteiger partial charge in [-0.15, -0.1) is 0 Å². The highest BCUT2D eigenvalue weighted by atomic mass is 16.3. The van der Waals surface area contributed by atoms with Gasteiger partial charge in [0.2, 0.25) is 0 Å². The Hall–Kier alpha value is -1.36. The van der Waals surface area contributed by atoms with Crippen molar-refractivity contribution < 1.29 is 14.3 Å². The van der Waals surface area contributed by atoms with Crippen molar-refractivity contribution >= 4 is 5.91 Å². The largest absolute Gasteiger partial charge is 0.448 e. The van der Waals surface area contributed by atoms with Crippen LogP contribution in [0.15, 0.2) is 10.8 Å². The van der Waals surface area contributed by atoms with Crippen LogP contribution in [0, 0.1) is 6.92 Å². The van der Waals surface area contributed by atoms with E-state index in [-0.39, 0.29) is 12.5 Å². The minimum absolute atomic E-state index is 0.0330. The Morgan fingerprint density at radius 3 is 2.76 bits per heavy atom. The molecular weight excluding hydrogens is 220 g/mol. The van der Waals surface area contributed by atoms with Gasteiger partial charge in [-0.3, -0.25) is 4.79 Å². The van der Waals surface area contributed by atoms with Crippen LogP contribution in [-0.4, -0.2) is 40.6 Å². The standard InChI is InChI=1S/C12H20N2O3/c1-3-4-5-6-14(7-8-15)12(16)11-10(2)17-9-13-11/h9,15H,3-8H2,1-2H3. The zero-order valence-corrected chi connectivity index (χ0v) is 10.5. The second kappa shape index (κ2) is 7.06. The van der Waals surface area contributed by atoms with Crippen molar-refractivity contribution in [2.75, 3.05) is 19.7 Å². The predicted octanol–water partition coefficient (Wildman–Crippen LogP) is 1.61. The minimum atomic E-state index is -0.165. The molecule has 0 aromatic carbocycles. The van der Waals surface area contributed by atoms with Crippen LogP contribution in [-0.2, 0) is 0 Å². The molecule has 5 nitrogen and oxygen atoms in total. The summed E-state index contributed by atoms with van der Waals surface area (Å²) in [5.74, 6) is 0.356. The van der Waals surface area contributed by atoms with E-state index in [4.69, 9.17) is 9.52 Å². The van der Waals surface area contributed by atoms with E-state index in [1.807, 2.05) is 0 Å². The minimum Gasteiger partial charge on any atom is -0.448 e. The number of aliphatic hydroxyl groups is 1. The predicted molar refractivity (Wildman–Crippen MR) is 63.8 cm³/mol. The van der Waals surface area contributed by atoms with E-state index in [1.54, 1.807) is 11.8 Å². The lowest BCUT2D eigenvalue weighted by atomic mass is 10.2. The van der Waals surface area contributed by atoms with Crippen molar-refractivity contribution in [1.29, 1.82) is 0 Å². The number of carbonyl (C=O) groups excluding carboxylic acids is 1. The molecule has 0 aliphatic carbocycles. The normalized spacial score (nSPS) is 10.5. The highest BCUT2D eigenvalue weighted by Crippen LogP contribution is 2.09. The first-order valence-corrected chi connectivity index (χ1v) is 6.01. The van der Waals surface area contributed by atoms with E-state index in [9.17, 15) is 4.79 Å². The number of hydrogen-bond acceptors (Lipinski definition) is 4. The smallest absolute Gasteiger partial charge is 0.276 e. The van der Waals surface area contributed by atoms with Crippen molar-refractivity contribution in [3.8, 4) is 0 Å². The molecule has 0 radical (unpaired) electrons. The third-order valence-electron chi connectivity index (χ3n) is 2.64. The van der Waals surface area contributed by atoms with Crippen molar-refractivity contribution in [3.63, 3.8) is 0 Å². The average Bonchev–Trinajstić information content (AvgIpc) is 2.74. The number of unbranched alkanes of at least 4 members (excludes halogenated alkanes) is 2. The summed E-state index contributed by atoms with van der Waals surface area (Å²) in [4.78, 5) is 17.6. The maximum absolute atomic E-state index is 12.1. The Balaban J connectivity index is 2.63. The molecule has 1 N–H and O–H groups in total. The van der Waals surface area contributed by atoms with Gasteiger partial charge >= 0.3 is 0 Å². The number of aliphatic hydroxyl groups excluding tert-OH is 1. The molecule has 1 amide bonds. The Kier molecular flexibility index (Phi) is 5.69. The highest BCUT2D eigenvalue weighted by molar-refractivity contribution is 5.93. The SMILES string of the molecule is CCCCCN(CCO)C(=O)c1ncoc1C. The molecule has 0 atom stereocenters. The monoisotopic (exact) mass is 240 g/mol. The molecule has 0 aliphatic rings. The van der Waals surface area contributed by atoms with Crippen molar-refractivity contribution in [1.82, 2.24) is 9.88 Å². The molecule has 5 heteroatoms. The second-order valence-corrected chi connectivity index (χ2v) is 3.98. The molecule has 0 bridgehead atoms. The number of carbonyl (C=O) groups is 1. The quantitative estimate of drug-likeness (QED) is 0.735. The number of nitrogens with zero attached hydrogens (tertiary/aromatic N) is 2. The van der Waals surface area contributed by atoms with E-state index in [0.29, 0.717) is 24.5 Å². The summed E-state index contributed by atoms with van der Waals surface area (Å²) in [5.41, 5.74) is 0.343. The molecule has 0 saturated heterocycles. The van der Waals surface area contributed by atoms with Crippen LogP contribution in [0.4, 0.5) is 0 Å². The van der Waals surface area contributed by atoms with Crippen molar-refractivity contribution in [2.45, 2.75) is 33.1 Å². The lowest BCUT2D eigenvalue weighted by molar-refractivity contribution is 0.0711. The molecule has 0 saturated carbocycles. The van der Waals surface area contributed by atoms with Gasteiger partial charge < -0.3 is 14.4 Å². The molecule has 0 fully saturated rings. The highest BCUT2D eigenvalue weighted by Gasteiger charge is 2.19. The summed E-state index contributed by atoms with van der Waals surface area (Å²) in [5, 5.41) is 8.97. The molecule has 96 valence electrons. The van der Waals surface area contributed by atoms with E-state index in [0.717, 1.165) is 19.3 Å². The molecule has 1 aromatic rings. The maximum atomic E-state index is 12.1. The summed E-state index contributed by atoms with van der Waals surface area (Å²) in [6, 6.07) is 0. The fourth-order valence-electron chi connectivity index (χ4n) is 1.65. The van der Waals surface area contributed by atoms with E-state index in [1.165, 1.54) is 6.39 Å². The number of oxazole rings is 1. The van der Waals surface area contributed by atoms with Crippen LogP contribution in [0.5, 0.6) is 0 Å². The van der Waals surface area contributed by atoms with Crippen molar-refractivity contribution in [3.05, 3.63) is 17.8 Å². The second-order valence-electron chi connectivity index (χ2n) is 3.98. The van der Waals surface area contributed by atoms with E-state index < -0.39 is 0 Å². The van der Waals surface area contributed by atoms with Crippen molar-refractivity contribution in [2.24, 2.45) is 0 Å². The third kappa shape index (κ3) is 3.85. The van der Waals surface area contributed by atoms with Gasteiger partial charge in [-0.25, -0.2) is 4.98 Å². The summed E-state index contributed by atoms with van der Waals surface area (Å²) in [6.45, 7) is 4.78. The summed E-state index contributed by atoms with van der Waals surface area (Å²) in [6.07, 6.45) is 4.39. The van der Waals surface area contributed by atoms with E-state index >= 15 is 0 Å². The van der Waals surface area contributed by atoms with Crippen LogP contribution in [0.2, 0.25) is 0 Å². The van der Waals surface area contributed by atoms with Crippen LogP contribution in [0.25, 0.3) is 0 Å². The van der Waals surface area contributed by atoms with Gasteiger partial charge in [0.25, 0.3) is 5.91 Å². The Bertz CT molecular complexity index is 349. The van der Waals surface area contributed by atoms with Crippen LogP contribution in [0.3, 0.4) is 0 Å². The zero-order chi connectivity index (χ0) is 12.7. The number of amides is 1. The fraction of sp³-hybridized carbons (Fsp3) is 0.667. The average molecular weight is 240 g/mol. The lowest BCUT2D eigenvalue weighted by Crippen LogP contribution is -2.35. The Labute approximate surface area is 101 Å². The first-order chi connectivity index (χ1) is 8.20. The molecule has 0 aliphatic heterocycles. The Morgan fingerprint density at radius 1 is 1.47 bits per heavy atom. The van der Waals surface area contributed by atoms with Gasteiger partial charge in [-0.1, -0.05) is 19.8 Å². The number of aromatic nitrogens is 1. The first-order valence-electron chi connectivity index (χ1n) is 6.01. The fourth-order valence-corrected chi connectivity index (χ4v) is 1.65. The van der Waals surface area contributed by atoms with Gasteiger partial charge in [0.1, 0.15) is 5.76 Å². The summed E-state index contributed by atoms with van der Waals surface area (Å²) < 4.78 is 5.02. The van der Waals surface area contributed by atoms with Gasteiger partial charge in [0, 0.05) is 13.1 Å². The van der Waals surface area contributed by atoms with Crippen LogP contribution >= 0.6 is 0 Å². The molecule has 1 heterocycles. The molecule has 1 rings (SSSR count). The molecular formula is C12H20N2O3. The molecule has 0 unspecified atom stereocenters. The molecule has 0 spiro atoms. The lowest BCUT2D eigenvalue weighted by Gasteiger charge is -2.20. The van der Waals surface area contributed by atoms with E-state index in [2.05, 4.69) is 11.9 Å². The van der Waals surface area contributed by atoms with Gasteiger partial charge in [-0.2, -0.15) is 0 Å². The summed E-state index contributed by atoms with van der Waals surface area (Å²) in [7, 11) is 0. The van der Waals surface area contributed by atoms with Gasteiger partial charge in [0.15, 0.2) is 12.1 Å². The zero-order valence-electron chi connectivity index (χ0n) is 10.5.